The Morgan fingerprint density at radius 1 is 0.810 bits per heavy atom. The Labute approximate surface area is 126 Å². The van der Waals surface area contributed by atoms with Gasteiger partial charge in [0, 0.05) is 21.5 Å². The molecule has 4 rings (SSSR count). The highest BCUT2D eigenvalue weighted by atomic mass is 35.5. The van der Waals surface area contributed by atoms with E-state index in [-0.39, 0.29) is 5.82 Å². The minimum Gasteiger partial charge on any atom is -0.309 e. The topological polar surface area (TPSA) is 4.93 Å². The van der Waals surface area contributed by atoms with Crippen molar-refractivity contribution >= 4 is 33.4 Å². The highest BCUT2D eigenvalue weighted by Gasteiger charge is 2.14. The van der Waals surface area contributed by atoms with Crippen molar-refractivity contribution in [1.82, 2.24) is 4.57 Å². The Morgan fingerprint density at radius 2 is 1.57 bits per heavy atom. The van der Waals surface area contributed by atoms with Gasteiger partial charge >= 0.3 is 0 Å². The summed E-state index contributed by atoms with van der Waals surface area (Å²) in [6.45, 7) is 0. The Morgan fingerprint density at radius 3 is 2.43 bits per heavy atom. The van der Waals surface area contributed by atoms with Crippen LogP contribution in [-0.4, -0.2) is 4.57 Å². The van der Waals surface area contributed by atoms with Crippen molar-refractivity contribution in [2.45, 2.75) is 0 Å². The molecule has 0 aliphatic heterocycles. The molecule has 4 aromatic rings. The Balaban J connectivity index is 2.23. The number of halogens is 2. The van der Waals surface area contributed by atoms with Crippen LogP contribution in [0.3, 0.4) is 0 Å². The number of hydrogen-bond acceptors (Lipinski definition) is 0. The molecule has 1 aromatic heterocycles. The molecule has 21 heavy (non-hydrogen) atoms. The second-order valence-electron chi connectivity index (χ2n) is 4.97. The van der Waals surface area contributed by atoms with Gasteiger partial charge in [0.25, 0.3) is 0 Å². The maximum atomic E-state index is 14.3. The zero-order valence-corrected chi connectivity index (χ0v) is 11.8. The van der Waals surface area contributed by atoms with E-state index in [9.17, 15) is 4.39 Å². The summed E-state index contributed by atoms with van der Waals surface area (Å²) < 4.78 is 16.3. The van der Waals surface area contributed by atoms with Crippen LogP contribution in [0.1, 0.15) is 0 Å². The summed E-state index contributed by atoms with van der Waals surface area (Å²) in [5.41, 5.74) is 2.75. The first kappa shape index (κ1) is 12.4. The van der Waals surface area contributed by atoms with Crippen LogP contribution >= 0.6 is 11.6 Å². The van der Waals surface area contributed by atoms with Gasteiger partial charge in [0.15, 0.2) is 0 Å². The maximum absolute atomic E-state index is 14.3. The van der Waals surface area contributed by atoms with Crippen LogP contribution in [0.4, 0.5) is 4.39 Å². The molecule has 0 fully saturated rings. The summed E-state index contributed by atoms with van der Waals surface area (Å²) in [6, 6.07) is 20.6. The molecule has 1 heterocycles. The van der Waals surface area contributed by atoms with Crippen molar-refractivity contribution in [2.24, 2.45) is 0 Å². The number of benzene rings is 3. The van der Waals surface area contributed by atoms with Crippen molar-refractivity contribution in [3.63, 3.8) is 0 Å². The smallest absolute Gasteiger partial charge is 0.133 e. The third kappa shape index (κ3) is 1.83. The quantitative estimate of drug-likeness (QED) is 0.432. The summed E-state index contributed by atoms with van der Waals surface area (Å²) in [5, 5.41) is 2.22. The summed E-state index contributed by atoms with van der Waals surface area (Å²) in [4.78, 5) is 0. The van der Waals surface area contributed by atoms with E-state index in [4.69, 9.17) is 11.6 Å². The summed E-state index contributed by atoms with van der Waals surface area (Å²) in [7, 11) is 0. The number of aromatic nitrogens is 1. The summed E-state index contributed by atoms with van der Waals surface area (Å²) in [6.07, 6.45) is 0. The highest BCUT2D eigenvalue weighted by Crippen LogP contribution is 2.33. The second kappa shape index (κ2) is 4.61. The Bertz CT molecular complexity index is 971. The van der Waals surface area contributed by atoms with E-state index < -0.39 is 0 Å². The zero-order valence-electron chi connectivity index (χ0n) is 11.1. The third-order valence-corrected chi connectivity index (χ3v) is 3.95. The number of nitrogens with zero attached hydrogens (tertiary/aromatic N) is 1. The van der Waals surface area contributed by atoms with Crippen LogP contribution < -0.4 is 0 Å². The van der Waals surface area contributed by atoms with Crippen molar-refractivity contribution in [3.8, 4) is 5.69 Å². The van der Waals surface area contributed by atoms with E-state index in [0.29, 0.717) is 10.4 Å². The van der Waals surface area contributed by atoms with Gasteiger partial charge in [-0.2, -0.15) is 0 Å². The van der Waals surface area contributed by atoms with E-state index >= 15 is 0 Å². The summed E-state index contributed by atoms with van der Waals surface area (Å²) in [5.74, 6) is -0.204. The van der Waals surface area contributed by atoms with E-state index in [1.54, 1.807) is 6.07 Å². The Hall–Kier alpha value is -2.32. The van der Waals surface area contributed by atoms with Crippen molar-refractivity contribution in [1.29, 1.82) is 0 Å². The molecule has 0 saturated heterocycles. The van der Waals surface area contributed by atoms with E-state index in [1.807, 2.05) is 59.2 Å². The van der Waals surface area contributed by atoms with Gasteiger partial charge in [-0.1, -0.05) is 41.9 Å². The molecule has 1 nitrogen and oxygen atoms in total. The molecule has 0 aliphatic rings. The van der Waals surface area contributed by atoms with Gasteiger partial charge in [-0.25, -0.2) is 4.39 Å². The van der Waals surface area contributed by atoms with Gasteiger partial charge in [0.2, 0.25) is 0 Å². The van der Waals surface area contributed by atoms with Gasteiger partial charge in [-0.3, -0.25) is 0 Å². The molecule has 0 amide bonds. The molecule has 0 radical (unpaired) electrons. The van der Waals surface area contributed by atoms with E-state index in [0.717, 1.165) is 22.1 Å². The number of para-hydroxylation sites is 1. The molecule has 102 valence electrons. The monoisotopic (exact) mass is 295 g/mol. The molecule has 3 heteroatoms. The van der Waals surface area contributed by atoms with Crippen LogP contribution in [0.5, 0.6) is 0 Å². The molecule has 0 atom stereocenters. The molecule has 0 spiro atoms. The Kier molecular flexibility index (Phi) is 2.72. The lowest BCUT2D eigenvalue weighted by Crippen LogP contribution is -1.93. The van der Waals surface area contributed by atoms with Crippen LogP contribution in [0, 0.1) is 5.82 Å². The molecule has 0 saturated carbocycles. The molecular weight excluding hydrogens is 285 g/mol. The van der Waals surface area contributed by atoms with Gasteiger partial charge in [-0.05, 0) is 36.4 Å². The standard InChI is InChI=1S/C18H11ClFN/c19-12-5-3-6-13(11-12)21-16-9-2-1-7-14(16)18-15(20)8-4-10-17(18)21/h1-11H. The lowest BCUT2D eigenvalue weighted by Gasteiger charge is -2.07. The molecule has 0 bridgehead atoms. The van der Waals surface area contributed by atoms with Crippen molar-refractivity contribution < 1.29 is 4.39 Å². The average Bonchev–Trinajstić information content (AvgIpc) is 2.83. The second-order valence-corrected chi connectivity index (χ2v) is 5.40. The largest absolute Gasteiger partial charge is 0.309 e. The fourth-order valence-electron chi connectivity index (χ4n) is 2.87. The zero-order chi connectivity index (χ0) is 14.4. The normalized spacial score (nSPS) is 11.3. The molecule has 0 aliphatic carbocycles. The third-order valence-electron chi connectivity index (χ3n) is 3.71. The molecule has 3 aromatic carbocycles. The predicted octanol–water partition coefficient (Wildman–Crippen LogP) is 5.58. The fourth-order valence-corrected chi connectivity index (χ4v) is 3.05. The van der Waals surface area contributed by atoms with E-state index in [2.05, 4.69) is 0 Å². The van der Waals surface area contributed by atoms with Crippen molar-refractivity contribution in [2.75, 3.05) is 0 Å². The number of rotatable bonds is 1. The average molecular weight is 296 g/mol. The molecule has 0 N–H and O–H groups in total. The fraction of sp³-hybridized carbons (Fsp3) is 0. The van der Waals surface area contributed by atoms with Crippen LogP contribution in [0.25, 0.3) is 27.5 Å². The first-order valence-corrected chi connectivity index (χ1v) is 7.07. The van der Waals surface area contributed by atoms with Gasteiger partial charge < -0.3 is 4.57 Å². The first-order chi connectivity index (χ1) is 10.3. The SMILES string of the molecule is Fc1cccc2c1c1ccccc1n2-c1cccc(Cl)c1. The summed E-state index contributed by atoms with van der Waals surface area (Å²) >= 11 is 6.11. The molecule has 0 unspecified atom stereocenters. The first-order valence-electron chi connectivity index (χ1n) is 6.69. The van der Waals surface area contributed by atoms with Gasteiger partial charge in [0.1, 0.15) is 5.82 Å². The molecular formula is C18H11ClFN. The van der Waals surface area contributed by atoms with Gasteiger partial charge in [0.05, 0.1) is 11.0 Å². The lowest BCUT2D eigenvalue weighted by atomic mass is 10.1. The van der Waals surface area contributed by atoms with Crippen LogP contribution in [0.15, 0.2) is 66.7 Å². The number of fused-ring (bicyclic) bond motifs is 3. The predicted molar refractivity (Wildman–Crippen MR) is 85.7 cm³/mol. The van der Waals surface area contributed by atoms with Crippen LogP contribution in [0.2, 0.25) is 5.02 Å². The lowest BCUT2D eigenvalue weighted by molar-refractivity contribution is 0.640. The minimum atomic E-state index is -0.204. The number of hydrogen-bond donors (Lipinski definition) is 0. The van der Waals surface area contributed by atoms with Gasteiger partial charge in [-0.15, -0.1) is 0 Å². The van der Waals surface area contributed by atoms with Crippen LogP contribution in [-0.2, 0) is 0 Å². The maximum Gasteiger partial charge on any atom is 0.133 e. The highest BCUT2D eigenvalue weighted by molar-refractivity contribution is 6.30. The van der Waals surface area contributed by atoms with Crippen molar-refractivity contribution in [3.05, 3.63) is 77.6 Å². The van der Waals surface area contributed by atoms with E-state index in [1.165, 1.54) is 6.07 Å². The minimum absolute atomic E-state index is 0.204.